The molecule has 0 bridgehead atoms. The molecule has 1 aliphatic heterocycles. The van der Waals surface area contributed by atoms with Crippen LogP contribution in [0.15, 0.2) is 23.6 Å². The fourth-order valence-electron chi connectivity index (χ4n) is 3.50. The van der Waals surface area contributed by atoms with Crippen molar-refractivity contribution < 1.29 is 4.79 Å². The Kier molecular flexibility index (Phi) is 6.81. The fourth-order valence-corrected chi connectivity index (χ4v) is 4.77. The molecule has 1 atom stereocenters. The molecule has 9 nitrogen and oxygen atoms in total. The molecule has 11 heteroatoms. The molecule has 1 saturated heterocycles. The number of aryl methyl sites for hydroxylation is 1. The Morgan fingerprint density at radius 1 is 1.39 bits per heavy atom. The molecule has 4 heterocycles. The number of thiazole rings is 1. The summed E-state index contributed by atoms with van der Waals surface area (Å²) in [6.07, 6.45) is 2.13. The maximum absolute atomic E-state index is 12.4. The van der Waals surface area contributed by atoms with Gasteiger partial charge in [-0.2, -0.15) is 5.26 Å². The summed E-state index contributed by atoms with van der Waals surface area (Å²) >= 11 is 2.63. The van der Waals surface area contributed by atoms with Crippen LogP contribution in [0.5, 0.6) is 0 Å². The molecule has 4 rings (SSSR count). The summed E-state index contributed by atoms with van der Waals surface area (Å²) in [5.74, 6) is 0.771. The first kappa shape index (κ1) is 21.3. The van der Waals surface area contributed by atoms with Gasteiger partial charge in [0.1, 0.15) is 11.5 Å². The second-order valence-corrected chi connectivity index (χ2v) is 9.00. The van der Waals surface area contributed by atoms with Gasteiger partial charge in [-0.15, -0.1) is 16.4 Å². The number of likely N-dealkylation sites (tertiary alicyclic amines) is 1. The third kappa shape index (κ3) is 5.41. The standard InChI is InChI=1S/C20H22N8OS2/c1-13-17(31-27-26-13)10-22-19(29)16-12-30-20(24-16)25-18-6-2-5-15(23-18)14-4-3-8-28(11-14)9-7-21/h2,5-6,12,14H,3-4,8-11H2,1H3,(H,22,29)(H,23,24,25)/t14-/m1/s1. The number of nitrogens with zero attached hydrogens (tertiary/aromatic N) is 6. The van der Waals surface area contributed by atoms with Crippen molar-refractivity contribution >= 4 is 39.7 Å². The molecule has 3 aromatic heterocycles. The van der Waals surface area contributed by atoms with Gasteiger partial charge in [0.2, 0.25) is 0 Å². The Labute approximate surface area is 188 Å². The number of hydrogen-bond donors (Lipinski definition) is 2. The summed E-state index contributed by atoms with van der Waals surface area (Å²) in [7, 11) is 0. The molecule has 0 aliphatic carbocycles. The zero-order valence-corrected chi connectivity index (χ0v) is 18.7. The first-order chi connectivity index (χ1) is 15.1. The molecule has 0 saturated carbocycles. The van der Waals surface area contributed by atoms with Crippen LogP contribution in [0.2, 0.25) is 0 Å². The molecule has 31 heavy (non-hydrogen) atoms. The van der Waals surface area contributed by atoms with Crippen LogP contribution in [-0.2, 0) is 6.54 Å². The Morgan fingerprint density at radius 3 is 3.10 bits per heavy atom. The van der Waals surface area contributed by atoms with Crippen LogP contribution in [0.4, 0.5) is 10.9 Å². The van der Waals surface area contributed by atoms with Crippen molar-refractivity contribution in [3.63, 3.8) is 0 Å². The maximum atomic E-state index is 12.4. The van der Waals surface area contributed by atoms with Gasteiger partial charge in [-0.05, 0) is 50.0 Å². The average molecular weight is 455 g/mol. The molecular formula is C20H22N8OS2. The summed E-state index contributed by atoms with van der Waals surface area (Å²) in [6.45, 7) is 4.52. The molecule has 3 aromatic rings. The highest BCUT2D eigenvalue weighted by molar-refractivity contribution is 7.14. The topological polar surface area (TPSA) is 120 Å². The third-order valence-electron chi connectivity index (χ3n) is 5.12. The lowest BCUT2D eigenvalue weighted by molar-refractivity contribution is 0.0947. The second kappa shape index (κ2) is 9.91. The number of nitriles is 1. The summed E-state index contributed by atoms with van der Waals surface area (Å²) in [4.78, 5) is 24.6. The number of nitrogens with one attached hydrogen (secondary N) is 2. The maximum Gasteiger partial charge on any atom is 0.271 e. The van der Waals surface area contributed by atoms with E-state index >= 15 is 0 Å². The first-order valence-corrected chi connectivity index (χ1v) is 11.6. The predicted octanol–water partition coefficient (Wildman–Crippen LogP) is 3.07. The number of hydrogen-bond acceptors (Lipinski definition) is 10. The Morgan fingerprint density at radius 2 is 2.29 bits per heavy atom. The average Bonchev–Trinajstić information content (AvgIpc) is 3.41. The number of aromatic nitrogens is 4. The van der Waals surface area contributed by atoms with Gasteiger partial charge in [-0.3, -0.25) is 9.69 Å². The van der Waals surface area contributed by atoms with Crippen LogP contribution >= 0.6 is 22.9 Å². The van der Waals surface area contributed by atoms with Crippen LogP contribution in [0.3, 0.4) is 0 Å². The number of piperidine rings is 1. The van der Waals surface area contributed by atoms with Crippen LogP contribution in [0.25, 0.3) is 0 Å². The molecule has 0 unspecified atom stereocenters. The van der Waals surface area contributed by atoms with Gasteiger partial charge in [0.05, 0.1) is 29.7 Å². The number of pyridine rings is 1. The minimum Gasteiger partial charge on any atom is -0.346 e. The van der Waals surface area contributed by atoms with Crippen LogP contribution < -0.4 is 10.6 Å². The van der Waals surface area contributed by atoms with Gasteiger partial charge < -0.3 is 10.6 Å². The molecule has 1 amide bonds. The van der Waals surface area contributed by atoms with Crippen molar-refractivity contribution in [2.24, 2.45) is 0 Å². The number of rotatable bonds is 7. The van der Waals surface area contributed by atoms with E-state index in [0.29, 0.717) is 35.7 Å². The fraction of sp³-hybridized carbons (Fsp3) is 0.400. The van der Waals surface area contributed by atoms with E-state index in [1.54, 1.807) is 5.38 Å². The first-order valence-electron chi connectivity index (χ1n) is 9.97. The van der Waals surface area contributed by atoms with Gasteiger partial charge in [0, 0.05) is 23.5 Å². The van der Waals surface area contributed by atoms with E-state index in [2.05, 4.69) is 36.2 Å². The number of anilines is 2. The van der Waals surface area contributed by atoms with E-state index < -0.39 is 0 Å². The van der Waals surface area contributed by atoms with Crippen molar-refractivity contribution in [1.82, 2.24) is 29.8 Å². The highest BCUT2D eigenvalue weighted by Crippen LogP contribution is 2.27. The lowest BCUT2D eigenvalue weighted by Crippen LogP contribution is -2.34. The normalized spacial score (nSPS) is 16.6. The van der Waals surface area contributed by atoms with Crippen molar-refractivity contribution in [3.8, 4) is 6.07 Å². The van der Waals surface area contributed by atoms with E-state index in [9.17, 15) is 4.79 Å². The molecular weight excluding hydrogens is 432 g/mol. The lowest BCUT2D eigenvalue weighted by Gasteiger charge is -2.30. The van der Waals surface area contributed by atoms with Crippen LogP contribution in [0.1, 0.15) is 45.5 Å². The van der Waals surface area contributed by atoms with E-state index in [4.69, 9.17) is 10.2 Å². The monoisotopic (exact) mass is 454 g/mol. The summed E-state index contributed by atoms with van der Waals surface area (Å²) in [6, 6.07) is 8.12. The molecule has 0 radical (unpaired) electrons. The molecule has 2 N–H and O–H groups in total. The van der Waals surface area contributed by atoms with Crippen molar-refractivity contribution in [1.29, 1.82) is 5.26 Å². The lowest BCUT2D eigenvalue weighted by atomic mass is 9.94. The van der Waals surface area contributed by atoms with Crippen molar-refractivity contribution in [3.05, 3.63) is 45.5 Å². The number of carbonyl (C=O) groups is 1. The highest BCUT2D eigenvalue weighted by atomic mass is 32.1. The van der Waals surface area contributed by atoms with Gasteiger partial charge in [-0.1, -0.05) is 10.6 Å². The zero-order valence-electron chi connectivity index (χ0n) is 17.0. The van der Waals surface area contributed by atoms with Gasteiger partial charge in [-0.25, -0.2) is 9.97 Å². The Hall–Kier alpha value is -2.94. The van der Waals surface area contributed by atoms with Crippen LogP contribution in [-0.4, -0.2) is 50.0 Å². The SMILES string of the molecule is Cc1nnsc1CNC(=O)c1csc(Nc2cccc([C@@H]3CCCN(CC#N)C3)n2)n1. The van der Waals surface area contributed by atoms with Crippen molar-refractivity contribution in [2.45, 2.75) is 32.2 Å². The van der Waals surface area contributed by atoms with E-state index in [1.807, 2.05) is 25.1 Å². The smallest absolute Gasteiger partial charge is 0.271 e. The minimum absolute atomic E-state index is 0.237. The summed E-state index contributed by atoms with van der Waals surface area (Å²) < 4.78 is 3.87. The van der Waals surface area contributed by atoms with E-state index in [-0.39, 0.29) is 5.91 Å². The Bertz CT molecular complexity index is 1090. The van der Waals surface area contributed by atoms with Gasteiger partial charge in [0.15, 0.2) is 5.13 Å². The highest BCUT2D eigenvalue weighted by Gasteiger charge is 2.22. The Balaban J connectivity index is 1.37. The quantitative estimate of drug-likeness (QED) is 0.523. The van der Waals surface area contributed by atoms with Crippen LogP contribution in [0, 0.1) is 18.3 Å². The minimum atomic E-state index is -0.237. The summed E-state index contributed by atoms with van der Waals surface area (Å²) in [5.41, 5.74) is 2.19. The van der Waals surface area contributed by atoms with Crippen molar-refractivity contribution in [2.75, 3.05) is 25.0 Å². The number of amides is 1. The largest absolute Gasteiger partial charge is 0.346 e. The number of carbonyl (C=O) groups excluding carboxylic acids is 1. The zero-order chi connectivity index (χ0) is 21.6. The van der Waals surface area contributed by atoms with E-state index in [0.717, 1.165) is 42.2 Å². The molecule has 1 aliphatic rings. The van der Waals surface area contributed by atoms with Gasteiger partial charge >= 0.3 is 0 Å². The molecule has 1 fully saturated rings. The summed E-state index contributed by atoms with van der Waals surface area (Å²) in [5, 5.41) is 21.3. The molecule has 160 valence electrons. The van der Waals surface area contributed by atoms with E-state index in [1.165, 1.54) is 22.9 Å². The molecule has 0 spiro atoms. The third-order valence-corrected chi connectivity index (χ3v) is 6.70. The predicted molar refractivity (Wildman–Crippen MR) is 119 cm³/mol. The second-order valence-electron chi connectivity index (χ2n) is 7.31. The van der Waals surface area contributed by atoms with Gasteiger partial charge in [0.25, 0.3) is 5.91 Å². The molecule has 0 aromatic carbocycles.